The van der Waals surface area contributed by atoms with Crippen LogP contribution < -0.4 is 10.5 Å². The normalized spacial score (nSPS) is 13.2. The summed E-state index contributed by atoms with van der Waals surface area (Å²) in [5.74, 6) is 0.884. The Balaban J connectivity index is 2.54. The molecule has 0 aliphatic carbocycles. The average Bonchev–Trinajstić information content (AvgIpc) is 2.42. The van der Waals surface area contributed by atoms with E-state index in [4.69, 9.17) is 15.2 Å². The third-order valence-corrected chi connectivity index (χ3v) is 3.94. The van der Waals surface area contributed by atoms with Crippen molar-refractivity contribution in [3.8, 4) is 5.75 Å². The first kappa shape index (κ1) is 20.0. The minimum Gasteiger partial charge on any atom is -0.491 e. The van der Waals surface area contributed by atoms with Crippen LogP contribution in [-0.4, -0.2) is 25.4 Å². The van der Waals surface area contributed by atoms with E-state index in [1.54, 1.807) is 0 Å². The molecule has 2 N–H and O–H groups in total. The van der Waals surface area contributed by atoms with Crippen molar-refractivity contribution in [2.24, 2.45) is 11.1 Å². The summed E-state index contributed by atoms with van der Waals surface area (Å²) >= 11 is 0. The highest BCUT2D eigenvalue weighted by atomic mass is 16.5. The average molecular weight is 322 g/mol. The standard InChI is InChI=1S/C20H35NO2/c1-18(2,3)14-19(4,5)16-8-10-17(11-9-16)22-12-13-23-20(6,7)15-21/h8-11H,12-15,21H2,1-7H3. The zero-order valence-corrected chi connectivity index (χ0v) is 16.0. The summed E-state index contributed by atoms with van der Waals surface area (Å²) in [6.45, 7) is 17.0. The molecule has 0 fully saturated rings. The van der Waals surface area contributed by atoms with E-state index in [9.17, 15) is 0 Å². The second kappa shape index (κ2) is 7.67. The Morgan fingerprint density at radius 2 is 1.43 bits per heavy atom. The first-order valence-corrected chi connectivity index (χ1v) is 8.53. The molecule has 0 amide bonds. The third-order valence-electron chi connectivity index (χ3n) is 3.94. The fourth-order valence-electron chi connectivity index (χ4n) is 2.97. The number of nitrogens with two attached hydrogens (primary N) is 1. The zero-order chi connectivity index (χ0) is 17.7. The largest absolute Gasteiger partial charge is 0.491 e. The van der Waals surface area contributed by atoms with E-state index in [0.717, 1.165) is 12.2 Å². The molecule has 0 aromatic heterocycles. The summed E-state index contributed by atoms with van der Waals surface area (Å²) in [4.78, 5) is 0. The SMILES string of the molecule is CC(C)(C)CC(C)(C)c1ccc(OCCOC(C)(C)CN)cc1. The van der Waals surface area contributed by atoms with Crippen LogP contribution in [0.25, 0.3) is 0 Å². The predicted molar refractivity (Wildman–Crippen MR) is 98.1 cm³/mol. The third kappa shape index (κ3) is 7.36. The predicted octanol–water partition coefficient (Wildman–Crippen LogP) is 4.53. The Hall–Kier alpha value is -1.06. The van der Waals surface area contributed by atoms with Crippen LogP contribution in [0.15, 0.2) is 24.3 Å². The van der Waals surface area contributed by atoms with Gasteiger partial charge in [-0.05, 0) is 48.8 Å². The second-order valence-electron chi connectivity index (χ2n) is 8.81. The van der Waals surface area contributed by atoms with Crippen molar-refractivity contribution in [3.05, 3.63) is 29.8 Å². The maximum absolute atomic E-state index is 5.75. The van der Waals surface area contributed by atoms with Gasteiger partial charge in [0.05, 0.1) is 12.2 Å². The van der Waals surface area contributed by atoms with Gasteiger partial charge in [-0.1, -0.05) is 46.8 Å². The van der Waals surface area contributed by atoms with Crippen molar-refractivity contribution in [2.75, 3.05) is 19.8 Å². The zero-order valence-electron chi connectivity index (χ0n) is 16.0. The smallest absolute Gasteiger partial charge is 0.119 e. The van der Waals surface area contributed by atoms with Crippen molar-refractivity contribution in [1.29, 1.82) is 0 Å². The van der Waals surface area contributed by atoms with Gasteiger partial charge in [-0.15, -0.1) is 0 Å². The lowest BCUT2D eigenvalue weighted by molar-refractivity contribution is -0.0229. The highest BCUT2D eigenvalue weighted by Crippen LogP contribution is 2.36. The number of hydrogen-bond donors (Lipinski definition) is 1. The van der Waals surface area contributed by atoms with Crippen molar-refractivity contribution in [3.63, 3.8) is 0 Å². The molecular weight excluding hydrogens is 286 g/mol. The van der Waals surface area contributed by atoms with Crippen molar-refractivity contribution >= 4 is 0 Å². The van der Waals surface area contributed by atoms with Gasteiger partial charge in [0.2, 0.25) is 0 Å². The Kier molecular flexibility index (Phi) is 6.67. The van der Waals surface area contributed by atoms with E-state index >= 15 is 0 Å². The summed E-state index contributed by atoms with van der Waals surface area (Å²) in [7, 11) is 0. The second-order valence-corrected chi connectivity index (χ2v) is 8.81. The van der Waals surface area contributed by atoms with Crippen LogP contribution in [0.5, 0.6) is 5.75 Å². The molecule has 3 heteroatoms. The minimum atomic E-state index is -0.288. The Morgan fingerprint density at radius 1 is 0.870 bits per heavy atom. The summed E-state index contributed by atoms with van der Waals surface area (Å²) in [6.07, 6.45) is 1.14. The molecule has 0 heterocycles. The van der Waals surface area contributed by atoms with E-state index in [1.807, 2.05) is 26.0 Å². The number of rotatable bonds is 8. The molecule has 3 nitrogen and oxygen atoms in total. The maximum atomic E-state index is 5.75. The molecule has 0 aliphatic rings. The van der Waals surface area contributed by atoms with Gasteiger partial charge in [0.15, 0.2) is 0 Å². The maximum Gasteiger partial charge on any atom is 0.119 e. The molecule has 0 saturated carbocycles. The molecule has 0 unspecified atom stereocenters. The first-order valence-electron chi connectivity index (χ1n) is 8.53. The Bertz CT molecular complexity index is 469. The van der Waals surface area contributed by atoms with Gasteiger partial charge in [-0.3, -0.25) is 0 Å². The minimum absolute atomic E-state index is 0.158. The van der Waals surface area contributed by atoms with Gasteiger partial charge in [-0.25, -0.2) is 0 Å². The molecule has 0 radical (unpaired) electrons. The van der Waals surface area contributed by atoms with Gasteiger partial charge in [0, 0.05) is 6.54 Å². The topological polar surface area (TPSA) is 44.5 Å². The molecule has 0 spiro atoms. The lowest BCUT2D eigenvalue weighted by atomic mass is 9.72. The molecule has 132 valence electrons. The highest BCUT2D eigenvalue weighted by Gasteiger charge is 2.27. The van der Waals surface area contributed by atoms with Crippen molar-refractivity contribution in [2.45, 2.75) is 65.9 Å². The fourth-order valence-corrected chi connectivity index (χ4v) is 2.97. The summed E-state index contributed by atoms with van der Waals surface area (Å²) in [5, 5.41) is 0. The molecule has 1 aromatic rings. The molecule has 0 aliphatic heterocycles. The van der Waals surface area contributed by atoms with Crippen molar-refractivity contribution in [1.82, 2.24) is 0 Å². The van der Waals surface area contributed by atoms with E-state index in [0.29, 0.717) is 25.2 Å². The van der Waals surface area contributed by atoms with Gasteiger partial charge in [0.25, 0.3) is 0 Å². The summed E-state index contributed by atoms with van der Waals surface area (Å²) in [5.41, 5.74) is 7.16. The van der Waals surface area contributed by atoms with E-state index < -0.39 is 0 Å². The van der Waals surface area contributed by atoms with Crippen LogP contribution in [0, 0.1) is 5.41 Å². The van der Waals surface area contributed by atoms with Crippen LogP contribution in [0.4, 0.5) is 0 Å². The van der Waals surface area contributed by atoms with Gasteiger partial charge in [0.1, 0.15) is 12.4 Å². The van der Waals surface area contributed by atoms with E-state index in [2.05, 4.69) is 46.8 Å². The van der Waals surface area contributed by atoms with Gasteiger partial charge >= 0.3 is 0 Å². The Morgan fingerprint density at radius 3 is 1.91 bits per heavy atom. The van der Waals surface area contributed by atoms with Crippen LogP contribution >= 0.6 is 0 Å². The molecular formula is C20H35NO2. The summed E-state index contributed by atoms with van der Waals surface area (Å²) in [6, 6.07) is 8.44. The fraction of sp³-hybridized carbons (Fsp3) is 0.700. The summed E-state index contributed by atoms with van der Waals surface area (Å²) < 4.78 is 11.4. The molecule has 1 rings (SSSR count). The first-order chi connectivity index (χ1) is 10.5. The molecule has 0 saturated heterocycles. The van der Waals surface area contributed by atoms with Crippen LogP contribution in [-0.2, 0) is 10.2 Å². The van der Waals surface area contributed by atoms with E-state index in [-0.39, 0.29) is 11.0 Å². The molecule has 23 heavy (non-hydrogen) atoms. The van der Waals surface area contributed by atoms with Crippen molar-refractivity contribution < 1.29 is 9.47 Å². The monoisotopic (exact) mass is 321 g/mol. The van der Waals surface area contributed by atoms with Gasteiger partial charge < -0.3 is 15.2 Å². The highest BCUT2D eigenvalue weighted by molar-refractivity contribution is 5.31. The number of hydrogen-bond acceptors (Lipinski definition) is 3. The number of ether oxygens (including phenoxy) is 2. The Labute approximate surface area is 142 Å². The van der Waals surface area contributed by atoms with Crippen LogP contribution in [0.1, 0.15) is 60.5 Å². The molecule has 0 atom stereocenters. The quantitative estimate of drug-likeness (QED) is 0.715. The van der Waals surface area contributed by atoms with Gasteiger partial charge in [-0.2, -0.15) is 0 Å². The lowest BCUT2D eigenvalue weighted by Gasteiger charge is -2.33. The molecule has 1 aromatic carbocycles. The number of benzene rings is 1. The molecule has 0 bridgehead atoms. The van der Waals surface area contributed by atoms with Crippen LogP contribution in [0.2, 0.25) is 0 Å². The van der Waals surface area contributed by atoms with Crippen LogP contribution in [0.3, 0.4) is 0 Å². The van der Waals surface area contributed by atoms with E-state index in [1.165, 1.54) is 5.56 Å². The lowest BCUT2D eigenvalue weighted by Crippen LogP contribution is -2.35.